The van der Waals surface area contributed by atoms with Crippen LogP contribution in [0.15, 0.2) is 29.2 Å². The number of hydrogen-bond donors (Lipinski definition) is 1. The molecule has 0 bridgehead atoms. The van der Waals surface area contributed by atoms with Gasteiger partial charge in [0.05, 0.1) is 5.92 Å². The number of carbonyl (C=O) groups is 2. The van der Waals surface area contributed by atoms with E-state index in [0.29, 0.717) is 19.0 Å². The van der Waals surface area contributed by atoms with E-state index < -0.39 is 0 Å². The summed E-state index contributed by atoms with van der Waals surface area (Å²) in [5.74, 6) is 0.00140. The van der Waals surface area contributed by atoms with Crippen molar-refractivity contribution < 1.29 is 9.59 Å². The zero-order valence-corrected chi connectivity index (χ0v) is 17.8. The largest absolute Gasteiger partial charge is 0.339 e. The fourth-order valence-electron chi connectivity index (χ4n) is 3.95. The SMILES string of the molecule is CCCN(C(=O)C1CC(=O)N(c2ccc(SC)cc2)C1)C1CCNCC1.Cl. The van der Waals surface area contributed by atoms with Crippen molar-refractivity contribution in [3.8, 4) is 0 Å². The summed E-state index contributed by atoms with van der Waals surface area (Å²) < 4.78 is 0. The van der Waals surface area contributed by atoms with Gasteiger partial charge >= 0.3 is 0 Å². The predicted molar refractivity (Wildman–Crippen MR) is 114 cm³/mol. The van der Waals surface area contributed by atoms with Gasteiger partial charge in [0.2, 0.25) is 11.8 Å². The Kier molecular flexibility index (Phi) is 8.45. The maximum absolute atomic E-state index is 13.2. The van der Waals surface area contributed by atoms with Crippen LogP contribution < -0.4 is 10.2 Å². The van der Waals surface area contributed by atoms with E-state index in [9.17, 15) is 9.59 Å². The molecule has 2 heterocycles. The topological polar surface area (TPSA) is 52.7 Å². The molecule has 7 heteroatoms. The molecule has 1 aromatic rings. The smallest absolute Gasteiger partial charge is 0.228 e. The minimum absolute atomic E-state index is 0. The number of nitrogens with zero attached hydrogens (tertiary/aromatic N) is 2. The highest BCUT2D eigenvalue weighted by Gasteiger charge is 2.38. The number of thioether (sulfide) groups is 1. The lowest BCUT2D eigenvalue weighted by atomic mass is 10.0. The summed E-state index contributed by atoms with van der Waals surface area (Å²) in [5.41, 5.74) is 0.895. The van der Waals surface area contributed by atoms with Gasteiger partial charge in [-0.3, -0.25) is 9.59 Å². The van der Waals surface area contributed by atoms with Crippen LogP contribution in [0, 0.1) is 5.92 Å². The number of carbonyl (C=O) groups excluding carboxylic acids is 2. The Morgan fingerprint density at radius 1 is 1.26 bits per heavy atom. The summed E-state index contributed by atoms with van der Waals surface area (Å²) in [6.45, 7) is 5.34. The van der Waals surface area contributed by atoms with Gasteiger partial charge in [-0.2, -0.15) is 0 Å². The number of hydrogen-bond acceptors (Lipinski definition) is 4. The Bertz CT molecular complexity index is 635. The molecule has 0 aromatic heterocycles. The second-order valence-electron chi connectivity index (χ2n) is 7.12. The van der Waals surface area contributed by atoms with Gasteiger partial charge in [0.1, 0.15) is 0 Å². The molecule has 0 saturated carbocycles. The second kappa shape index (κ2) is 10.3. The van der Waals surface area contributed by atoms with E-state index in [2.05, 4.69) is 17.1 Å². The second-order valence-corrected chi connectivity index (χ2v) is 8.00. The van der Waals surface area contributed by atoms with Crippen molar-refractivity contribution in [2.24, 2.45) is 5.92 Å². The zero-order valence-electron chi connectivity index (χ0n) is 16.1. The Labute approximate surface area is 172 Å². The number of anilines is 1. The molecule has 0 radical (unpaired) electrons. The number of halogens is 1. The van der Waals surface area contributed by atoms with Gasteiger partial charge in [-0.1, -0.05) is 6.92 Å². The van der Waals surface area contributed by atoms with Crippen LogP contribution in [0.3, 0.4) is 0 Å². The lowest BCUT2D eigenvalue weighted by Gasteiger charge is -2.36. The average Bonchev–Trinajstić information content (AvgIpc) is 3.08. The van der Waals surface area contributed by atoms with Crippen LogP contribution in [0.4, 0.5) is 5.69 Å². The summed E-state index contributed by atoms with van der Waals surface area (Å²) in [6, 6.07) is 8.33. The molecule has 5 nitrogen and oxygen atoms in total. The van der Waals surface area contributed by atoms with Gasteiger partial charge < -0.3 is 15.1 Å². The first kappa shape index (κ1) is 22.1. The predicted octanol–water partition coefficient (Wildman–Crippen LogP) is 3.17. The molecule has 2 aliphatic heterocycles. The minimum atomic E-state index is -0.218. The molecule has 1 aromatic carbocycles. The molecule has 2 saturated heterocycles. The highest BCUT2D eigenvalue weighted by molar-refractivity contribution is 7.98. The van der Waals surface area contributed by atoms with Crippen LogP contribution in [0.2, 0.25) is 0 Å². The summed E-state index contributed by atoms with van der Waals surface area (Å²) in [6.07, 6.45) is 5.33. The van der Waals surface area contributed by atoms with E-state index in [1.807, 2.05) is 30.5 Å². The highest BCUT2D eigenvalue weighted by atomic mass is 35.5. The van der Waals surface area contributed by atoms with Gasteiger partial charge in [0.15, 0.2) is 0 Å². The van der Waals surface area contributed by atoms with Crippen LogP contribution in [-0.4, -0.2) is 55.2 Å². The number of nitrogens with one attached hydrogen (secondary N) is 1. The van der Waals surface area contributed by atoms with E-state index in [1.165, 1.54) is 4.90 Å². The summed E-state index contributed by atoms with van der Waals surface area (Å²) >= 11 is 1.68. The van der Waals surface area contributed by atoms with E-state index in [-0.39, 0.29) is 30.1 Å². The Hall–Kier alpha value is -1.24. The summed E-state index contributed by atoms with van der Waals surface area (Å²) in [4.78, 5) is 30.7. The molecule has 2 aliphatic rings. The van der Waals surface area contributed by atoms with Crippen LogP contribution >= 0.6 is 24.2 Å². The molecule has 1 unspecified atom stereocenters. The van der Waals surface area contributed by atoms with E-state index in [0.717, 1.165) is 44.6 Å². The molecular formula is C20H30ClN3O2S. The van der Waals surface area contributed by atoms with E-state index in [4.69, 9.17) is 0 Å². The third-order valence-electron chi connectivity index (χ3n) is 5.36. The van der Waals surface area contributed by atoms with Crippen molar-refractivity contribution in [2.45, 2.75) is 43.5 Å². The Balaban J connectivity index is 0.00000261. The molecule has 1 atom stereocenters. The van der Waals surface area contributed by atoms with Crippen molar-refractivity contribution in [1.82, 2.24) is 10.2 Å². The third kappa shape index (κ3) is 5.18. The minimum Gasteiger partial charge on any atom is -0.339 e. The first-order valence-corrected chi connectivity index (χ1v) is 10.8. The number of amides is 2. The van der Waals surface area contributed by atoms with Gasteiger partial charge in [-0.15, -0.1) is 24.2 Å². The molecular weight excluding hydrogens is 382 g/mol. The lowest BCUT2D eigenvalue weighted by molar-refractivity contribution is -0.138. The molecule has 27 heavy (non-hydrogen) atoms. The maximum atomic E-state index is 13.2. The summed E-state index contributed by atoms with van der Waals surface area (Å²) in [7, 11) is 0. The summed E-state index contributed by atoms with van der Waals surface area (Å²) in [5, 5.41) is 3.36. The lowest BCUT2D eigenvalue weighted by Crippen LogP contribution is -2.48. The van der Waals surface area contributed by atoms with E-state index in [1.54, 1.807) is 16.7 Å². The molecule has 0 aliphatic carbocycles. The van der Waals surface area contributed by atoms with Crippen molar-refractivity contribution in [3.63, 3.8) is 0 Å². The van der Waals surface area contributed by atoms with Crippen LogP contribution in [0.25, 0.3) is 0 Å². The molecule has 0 spiro atoms. The average molecular weight is 412 g/mol. The first-order chi connectivity index (χ1) is 12.6. The standard InChI is InChI=1S/C20H29N3O2S.ClH/c1-3-12-22(17-8-10-21-11-9-17)20(25)15-13-19(24)23(14-15)16-4-6-18(26-2)7-5-16;/h4-7,15,17,21H,3,8-14H2,1-2H3;1H. The molecule has 150 valence electrons. The van der Waals surface area contributed by atoms with Gasteiger partial charge in [0.25, 0.3) is 0 Å². The maximum Gasteiger partial charge on any atom is 0.228 e. The number of benzene rings is 1. The molecule has 3 rings (SSSR count). The molecule has 1 N–H and O–H groups in total. The van der Waals surface area contributed by atoms with Crippen LogP contribution in [0.5, 0.6) is 0 Å². The van der Waals surface area contributed by atoms with Crippen molar-refractivity contribution in [2.75, 3.05) is 37.3 Å². The van der Waals surface area contributed by atoms with Crippen molar-refractivity contribution in [1.29, 1.82) is 0 Å². The van der Waals surface area contributed by atoms with E-state index >= 15 is 0 Å². The van der Waals surface area contributed by atoms with Crippen LogP contribution in [-0.2, 0) is 9.59 Å². The van der Waals surface area contributed by atoms with Gasteiger partial charge in [0, 0.05) is 36.1 Å². The molecule has 2 amide bonds. The normalized spacial score (nSPS) is 20.4. The quantitative estimate of drug-likeness (QED) is 0.730. The van der Waals surface area contributed by atoms with Gasteiger partial charge in [-0.05, 0) is 62.9 Å². The fraction of sp³-hybridized carbons (Fsp3) is 0.600. The van der Waals surface area contributed by atoms with Gasteiger partial charge in [-0.25, -0.2) is 0 Å². The van der Waals surface area contributed by atoms with Crippen molar-refractivity contribution in [3.05, 3.63) is 24.3 Å². The van der Waals surface area contributed by atoms with Crippen LogP contribution in [0.1, 0.15) is 32.6 Å². The zero-order chi connectivity index (χ0) is 18.5. The highest BCUT2D eigenvalue weighted by Crippen LogP contribution is 2.29. The fourth-order valence-corrected chi connectivity index (χ4v) is 4.36. The monoisotopic (exact) mass is 411 g/mol. The van der Waals surface area contributed by atoms with Crippen molar-refractivity contribution >= 4 is 41.7 Å². The molecule has 2 fully saturated rings. The first-order valence-electron chi connectivity index (χ1n) is 9.59. The Morgan fingerprint density at radius 2 is 1.93 bits per heavy atom. The Morgan fingerprint density at radius 3 is 2.52 bits per heavy atom. The number of rotatable bonds is 6. The number of piperidine rings is 1. The third-order valence-corrected chi connectivity index (χ3v) is 6.10.